The van der Waals surface area contributed by atoms with E-state index in [0.717, 1.165) is 11.1 Å². The molecule has 0 fully saturated rings. The van der Waals surface area contributed by atoms with Gasteiger partial charge in [-0.3, -0.25) is 9.59 Å². The van der Waals surface area contributed by atoms with Gasteiger partial charge in [-0.15, -0.1) is 0 Å². The van der Waals surface area contributed by atoms with Crippen LogP contribution in [0.15, 0.2) is 48.5 Å². The maximum atomic E-state index is 11.9. The molecule has 0 unspecified atom stereocenters. The standard InChI is InChI=1S/C19H19ClN2O2/c1-13-4-10-16(12-17(13)20)21-18(23)11-7-14-5-8-15(9-6-14)19(24)22(2)3/h4-12H,1-3H3,(H,21,23)/b11-7+. The number of nitrogens with zero attached hydrogens (tertiary/aromatic N) is 1. The van der Waals surface area contributed by atoms with Crippen molar-refractivity contribution in [3.05, 3.63) is 70.3 Å². The Bertz CT molecular complexity index is 780. The molecule has 0 aliphatic heterocycles. The number of amides is 2. The molecule has 0 heterocycles. The second-order valence-electron chi connectivity index (χ2n) is 5.61. The van der Waals surface area contributed by atoms with Crippen molar-refractivity contribution in [1.82, 2.24) is 4.90 Å². The highest BCUT2D eigenvalue weighted by Gasteiger charge is 2.06. The van der Waals surface area contributed by atoms with Gasteiger partial charge in [0, 0.05) is 36.4 Å². The van der Waals surface area contributed by atoms with Crippen LogP contribution in [0.25, 0.3) is 6.08 Å². The Labute approximate surface area is 146 Å². The molecule has 5 heteroatoms. The molecule has 2 aromatic rings. The quantitative estimate of drug-likeness (QED) is 0.854. The van der Waals surface area contributed by atoms with Crippen LogP contribution in [0.5, 0.6) is 0 Å². The van der Waals surface area contributed by atoms with Crippen LogP contribution in [0.2, 0.25) is 5.02 Å². The first-order valence-electron chi connectivity index (χ1n) is 7.44. The first kappa shape index (κ1) is 17.8. The average molecular weight is 343 g/mol. The molecule has 124 valence electrons. The van der Waals surface area contributed by atoms with Crippen LogP contribution in [0.3, 0.4) is 0 Å². The van der Waals surface area contributed by atoms with Crippen molar-refractivity contribution in [2.45, 2.75) is 6.92 Å². The van der Waals surface area contributed by atoms with Gasteiger partial charge in [0.25, 0.3) is 5.91 Å². The first-order chi connectivity index (χ1) is 11.4. The van der Waals surface area contributed by atoms with Crippen molar-refractivity contribution in [3.63, 3.8) is 0 Å². The normalized spacial score (nSPS) is 10.7. The predicted molar refractivity (Wildman–Crippen MR) is 98.3 cm³/mol. The fourth-order valence-corrected chi connectivity index (χ4v) is 2.20. The molecule has 2 aromatic carbocycles. The second-order valence-corrected chi connectivity index (χ2v) is 6.02. The number of benzene rings is 2. The second kappa shape index (κ2) is 7.79. The number of aryl methyl sites for hydroxylation is 1. The fraction of sp³-hybridized carbons (Fsp3) is 0.158. The van der Waals surface area contributed by atoms with E-state index >= 15 is 0 Å². The molecule has 0 radical (unpaired) electrons. The van der Waals surface area contributed by atoms with E-state index in [1.165, 1.54) is 11.0 Å². The molecule has 0 spiro atoms. The van der Waals surface area contributed by atoms with Gasteiger partial charge in [-0.2, -0.15) is 0 Å². The van der Waals surface area contributed by atoms with E-state index in [2.05, 4.69) is 5.32 Å². The van der Waals surface area contributed by atoms with Crippen LogP contribution in [-0.2, 0) is 4.79 Å². The molecule has 2 amide bonds. The lowest BCUT2D eigenvalue weighted by molar-refractivity contribution is -0.111. The smallest absolute Gasteiger partial charge is 0.253 e. The monoisotopic (exact) mass is 342 g/mol. The summed E-state index contributed by atoms with van der Waals surface area (Å²) >= 11 is 6.03. The minimum atomic E-state index is -0.247. The van der Waals surface area contributed by atoms with Crippen LogP contribution in [0.1, 0.15) is 21.5 Å². The van der Waals surface area contributed by atoms with Gasteiger partial charge in [-0.05, 0) is 48.4 Å². The molecule has 2 rings (SSSR count). The third kappa shape index (κ3) is 4.70. The van der Waals surface area contributed by atoms with Gasteiger partial charge in [0.1, 0.15) is 0 Å². The molecule has 0 saturated carbocycles. The van der Waals surface area contributed by atoms with Crippen LogP contribution < -0.4 is 5.32 Å². The van der Waals surface area contributed by atoms with Crippen molar-refractivity contribution in [2.24, 2.45) is 0 Å². The topological polar surface area (TPSA) is 49.4 Å². The summed E-state index contributed by atoms with van der Waals surface area (Å²) in [6.07, 6.45) is 3.13. The summed E-state index contributed by atoms with van der Waals surface area (Å²) in [5.74, 6) is -0.303. The van der Waals surface area contributed by atoms with Crippen LogP contribution in [-0.4, -0.2) is 30.8 Å². The average Bonchev–Trinajstić information content (AvgIpc) is 2.56. The summed E-state index contributed by atoms with van der Waals surface area (Å²) in [7, 11) is 3.41. The summed E-state index contributed by atoms with van der Waals surface area (Å²) in [6, 6.07) is 12.4. The molecule has 4 nitrogen and oxygen atoms in total. The van der Waals surface area contributed by atoms with E-state index in [0.29, 0.717) is 16.3 Å². The summed E-state index contributed by atoms with van der Waals surface area (Å²) in [5, 5.41) is 3.36. The maximum Gasteiger partial charge on any atom is 0.253 e. The molecular formula is C19H19ClN2O2. The lowest BCUT2D eigenvalue weighted by Crippen LogP contribution is -2.21. The van der Waals surface area contributed by atoms with Gasteiger partial charge in [0.15, 0.2) is 0 Å². The number of carbonyl (C=O) groups excluding carboxylic acids is 2. The van der Waals surface area contributed by atoms with E-state index in [-0.39, 0.29) is 11.8 Å². The number of hydrogen-bond donors (Lipinski definition) is 1. The van der Waals surface area contributed by atoms with Gasteiger partial charge in [-0.1, -0.05) is 29.8 Å². The van der Waals surface area contributed by atoms with E-state index in [1.807, 2.05) is 13.0 Å². The Morgan fingerprint density at radius 3 is 2.33 bits per heavy atom. The lowest BCUT2D eigenvalue weighted by atomic mass is 10.1. The highest BCUT2D eigenvalue weighted by Crippen LogP contribution is 2.20. The third-order valence-corrected chi connectivity index (χ3v) is 3.84. The minimum Gasteiger partial charge on any atom is -0.345 e. The number of rotatable bonds is 4. The molecule has 0 aromatic heterocycles. The Kier molecular flexibility index (Phi) is 5.77. The van der Waals surface area contributed by atoms with Gasteiger partial charge >= 0.3 is 0 Å². The Balaban J connectivity index is 2.00. The Morgan fingerprint density at radius 1 is 1.08 bits per heavy atom. The zero-order valence-corrected chi connectivity index (χ0v) is 14.6. The Hall–Kier alpha value is -2.59. The number of nitrogens with one attached hydrogen (secondary N) is 1. The summed E-state index contributed by atoms with van der Waals surface area (Å²) in [5.41, 5.74) is 3.04. The molecule has 0 aliphatic carbocycles. The summed E-state index contributed by atoms with van der Waals surface area (Å²) < 4.78 is 0. The SMILES string of the molecule is Cc1ccc(NC(=O)/C=C/c2ccc(C(=O)N(C)C)cc2)cc1Cl. The largest absolute Gasteiger partial charge is 0.345 e. The number of halogens is 1. The zero-order valence-electron chi connectivity index (χ0n) is 13.8. The maximum absolute atomic E-state index is 11.9. The van der Waals surface area contributed by atoms with E-state index in [4.69, 9.17) is 11.6 Å². The van der Waals surface area contributed by atoms with E-state index in [1.54, 1.807) is 56.6 Å². The molecular weight excluding hydrogens is 324 g/mol. The zero-order chi connectivity index (χ0) is 17.7. The number of anilines is 1. The molecule has 0 aliphatic rings. The number of carbonyl (C=O) groups is 2. The van der Waals surface area contributed by atoms with E-state index < -0.39 is 0 Å². The lowest BCUT2D eigenvalue weighted by Gasteiger charge is -2.09. The summed E-state index contributed by atoms with van der Waals surface area (Å²) in [4.78, 5) is 25.3. The van der Waals surface area contributed by atoms with Gasteiger partial charge in [0.05, 0.1) is 0 Å². The molecule has 0 atom stereocenters. The minimum absolute atomic E-state index is 0.0560. The van der Waals surface area contributed by atoms with Crippen molar-refractivity contribution >= 4 is 35.2 Å². The molecule has 0 bridgehead atoms. The highest BCUT2D eigenvalue weighted by molar-refractivity contribution is 6.31. The van der Waals surface area contributed by atoms with Gasteiger partial charge in [-0.25, -0.2) is 0 Å². The number of hydrogen-bond acceptors (Lipinski definition) is 2. The van der Waals surface area contributed by atoms with Crippen LogP contribution >= 0.6 is 11.6 Å². The van der Waals surface area contributed by atoms with Crippen molar-refractivity contribution in [3.8, 4) is 0 Å². The third-order valence-electron chi connectivity index (χ3n) is 3.43. The Morgan fingerprint density at radius 2 is 1.75 bits per heavy atom. The predicted octanol–water partition coefficient (Wildman–Crippen LogP) is 4.00. The fourth-order valence-electron chi connectivity index (χ4n) is 2.02. The molecule has 0 saturated heterocycles. The van der Waals surface area contributed by atoms with Gasteiger partial charge < -0.3 is 10.2 Å². The van der Waals surface area contributed by atoms with Crippen molar-refractivity contribution < 1.29 is 9.59 Å². The van der Waals surface area contributed by atoms with E-state index in [9.17, 15) is 9.59 Å². The van der Waals surface area contributed by atoms with Crippen molar-refractivity contribution in [1.29, 1.82) is 0 Å². The highest BCUT2D eigenvalue weighted by atomic mass is 35.5. The molecule has 24 heavy (non-hydrogen) atoms. The summed E-state index contributed by atoms with van der Waals surface area (Å²) in [6.45, 7) is 1.90. The first-order valence-corrected chi connectivity index (χ1v) is 7.81. The molecule has 1 N–H and O–H groups in total. The van der Waals surface area contributed by atoms with Crippen LogP contribution in [0, 0.1) is 6.92 Å². The van der Waals surface area contributed by atoms with Crippen molar-refractivity contribution in [2.75, 3.05) is 19.4 Å². The van der Waals surface area contributed by atoms with Crippen LogP contribution in [0.4, 0.5) is 5.69 Å². The van der Waals surface area contributed by atoms with Gasteiger partial charge in [0.2, 0.25) is 5.91 Å².